The van der Waals surface area contributed by atoms with E-state index in [1.807, 2.05) is 5.48 Å². The molecular weight excluding hydrogens is 278 g/mol. The van der Waals surface area contributed by atoms with Gasteiger partial charge in [0.15, 0.2) is 5.03 Å². The van der Waals surface area contributed by atoms with Crippen LogP contribution in [0, 0.1) is 10.1 Å². The quantitative estimate of drug-likeness (QED) is 0.336. The fourth-order valence-corrected chi connectivity index (χ4v) is 1.45. The van der Waals surface area contributed by atoms with E-state index in [1.165, 1.54) is 25.3 Å². The van der Waals surface area contributed by atoms with E-state index in [2.05, 4.69) is 16.6 Å². The lowest BCUT2D eigenvalue weighted by atomic mass is 10.3. The minimum Gasteiger partial charge on any atom is -0.316 e. The highest BCUT2D eigenvalue weighted by Gasteiger charge is 2.12. The third-order valence-corrected chi connectivity index (χ3v) is 2.84. The maximum Gasteiger partial charge on any atom is 0.302 e. The Morgan fingerprint density at radius 3 is 2.61 bits per heavy atom. The van der Waals surface area contributed by atoms with Crippen LogP contribution in [0.2, 0.25) is 0 Å². The van der Waals surface area contributed by atoms with E-state index in [0.29, 0.717) is 5.03 Å². The first-order valence-corrected chi connectivity index (χ1v) is 6.61. The first kappa shape index (κ1) is 16.8. The minimum atomic E-state index is -0.481. The molecule has 18 heavy (non-hydrogen) atoms. The molecule has 1 unspecified atom stereocenters. The van der Waals surface area contributed by atoms with Crippen LogP contribution < -0.4 is 5.48 Å². The second-order valence-electron chi connectivity index (χ2n) is 3.14. The molecule has 0 spiro atoms. The van der Waals surface area contributed by atoms with Crippen molar-refractivity contribution in [2.45, 2.75) is 24.9 Å². The van der Waals surface area contributed by atoms with E-state index in [0.717, 1.165) is 10.8 Å². The van der Waals surface area contributed by atoms with Crippen molar-refractivity contribution in [3.05, 3.63) is 28.4 Å². The molecule has 0 bridgehead atoms. The first-order chi connectivity index (χ1) is 8.43. The normalized spacial score (nSPS) is 11.1. The van der Waals surface area contributed by atoms with Gasteiger partial charge in [0.2, 0.25) is 0 Å². The summed E-state index contributed by atoms with van der Waals surface area (Å²) >= 11 is 3.82. The van der Waals surface area contributed by atoms with E-state index < -0.39 is 11.0 Å². The van der Waals surface area contributed by atoms with Gasteiger partial charge in [0.25, 0.3) is 0 Å². The van der Waals surface area contributed by atoms with E-state index in [9.17, 15) is 14.9 Å². The number of carbonyl (C=O) groups is 1. The van der Waals surface area contributed by atoms with Gasteiger partial charge in [-0.1, -0.05) is 0 Å². The summed E-state index contributed by atoms with van der Waals surface area (Å²) < 4.78 is 0. The molecule has 7 nitrogen and oxygen atoms in total. The number of carbonyl (C=O) groups excluding carboxylic acids is 1. The molecule has 9 heteroatoms. The number of pyridine rings is 1. The number of thiol groups is 1. The molecule has 0 saturated carbocycles. The molecule has 1 aromatic heterocycles. The van der Waals surface area contributed by atoms with Crippen molar-refractivity contribution < 1.29 is 14.9 Å². The molecule has 1 atom stereocenters. The highest BCUT2D eigenvalue weighted by Crippen LogP contribution is 2.27. The number of nitrogens with zero attached hydrogens (tertiary/aromatic N) is 2. The molecule has 1 heterocycles. The average Bonchev–Trinajstić information content (AvgIpc) is 2.38. The first-order valence-electron chi connectivity index (χ1n) is 4.75. The predicted octanol–water partition coefficient (Wildman–Crippen LogP) is 1.87. The standard InChI is InChI=1S/C5H4N2O2S2.C4H9NO2/c8-7(9)4-2-1-3-6-5(4)11-10;1-3(5-7)4(2)6/h1-3,10H;3,5,7H,1-2H3. The largest absolute Gasteiger partial charge is 0.316 e. The molecule has 0 amide bonds. The Kier molecular flexibility index (Phi) is 8.29. The van der Waals surface area contributed by atoms with Crippen molar-refractivity contribution in [3.8, 4) is 0 Å². The maximum atomic E-state index is 10.3. The third kappa shape index (κ3) is 5.96. The third-order valence-electron chi connectivity index (χ3n) is 1.84. The van der Waals surface area contributed by atoms with Crippen molar-refractivity contribution in [1.82, 2.24) is 10.5 Å². The van der Waals surface area contributed by atoms with Gasteiger partial charge in [-0.15, -0.1) is 11.7 Å². The van der Waals surface area contributed by atoms with Crippen LogP contribution >= 0.6 is 22.5 Å². The second-order valence-corrected chi connectivity index (χ2v) is 4.25. The fraction of sp³-hybridized carbons (Fsp3) is 0.333. The predicted molar refractivity (Wildman–Crippen MR) is 70.8 cm³/mol. The van der Waals surface area contributed by atoms with Gasteiger partial charge in [0.05, 0.1) is 11.0 Å². The van der Waals surface area contributed by atoms with Gasteiger partial charge in [-0.2, -0.15) is 5.48 Å². The van der Waals surface area contributed by atoms with Gasteiger partial charge >= 0.3 is 5.69 Å². The maximum absolute atomic E-state index is 10.3. The number of hydroxylamine groups is 1. The Hall–Kier alpha value is -1.16. The van der Waals surface area contributed by atoms with E-state index in [1.54, 1.807) is 6.92 Å². The molecule has 0 saturated heterocycles. The van der Waals surface area contributed by atoms with Crippen molar-refractivity contribution >= 4 is 33.9 Å². The molecule has 2 N–H and O–H groups in total. The summed E-state index contributed by atoms with van der Waals surface area (Å²) in [7, 11) is 0.965. The summed E-state index contributed by atoms with van der Waals surface area (Å²) in [5.41, 5.74) is 1.81. The average molecular weight is 291 g/mol. The van der Waals surface area contributed by atoms with Crippen LogP contribution in [0.25, 0.3) is 0 Å². The molecular formula is C9H13N3O4S2. The van der Waals surface area contributed by atoms with Gasteiger partial charge < -0.3 is 5.21 Å². The Morgan fingerprint density at radius 1 is 1.72 bits per heavy atom. The number of rotatable bonds is 4. The molecule has 0 radical (unpaired) electrons. The Bertz CT molecular complexity index is 417. The number of nitrogens with one attached hydrogen (secondary N) is 1. The lowest BCUT2D eigenvalue weighted by Gasteiger charge is -1.99. The Morgan fingerprint density at radius 2 is 2.33 bits per heavy atom. The molecule has 0 aliphatic rings. The van der Waals surface area contributed by atoms with E-state index in [-0.39, 0.29) is 11.5 Å². The van der Waals surface area contributed by atoms with Crippen LogP contribution in [0.1, 0.15) is 13.8 Å². The van der Waals surface area contributed by atoms with Crippen molar-refractivity contribution in [2.24, 2.45) is 0 Å². The van der Waals surface area contributed by atoms with Gasteiger partial charge in [-0.05, 0) is 30.7 Å². The minimum absolute atomic E-state index is 0.00694. The highest BCUT2D eigenvalue weighted by molar-refractivity contribution is 8.68. The number of hydrogen-bond acceptors (Lipinski definition) is 8. The SMILES string of the molecule is CC(=O)C(C)NO.O=[N+]([O-])c1cccnc1SS. The van der Waals surface area contributed by atoms with Gasteiger partial charge in [-0.3, -0.25) is 14.9 Å². The molecule has 1 rings (SSSR count). The van der Waals surface area contributed by atoms with Crippen LogP contribution in [0.5, 0.6) is 0 Å². The van der Waals surface area contributed by atoms with Gasteiger partial charge in [0.1, 0.15) is 5.78 Å². The Labute approximate surface area is 113 Å². The Balaban J connectivity index is 0.000000360. The zero-order valence-electron chi connectivity index (χ0n) is 9.73. The fourth-order valence-electron chi connectivity index (χ4n) is 0.683. The van der Waals surface area contributed by atoms with Gasteiger partial charge in [0, 0.05) is 12.3 Å². The second kappa shape index (κ2) is 8.86. The van der Waals surface area contributed by atoms with E-state index in [4.69, 9.17) is 5.21 Å². The van der Waals surface area contributed by atoms with E-state index >= 15 is 0 Å². The molecule has 0 aliphatic carbocycles. The number of aromatic nitrogens is 1. The zero-order chi connectivity index (χ0) is 14.1. The summed E-state index contributed by atoms with van der Waals surface area (Å²) in [5, 5.41) is 18.7. The molecule has 100 valence electrons. The van der Waals surface area contributed by atoms with Crippen LogP contribution in [0.3, 0.4) is 0 Å². The summed E-state index contributed by atoms with van der Waals surface area (Å²) in [6.45, 7) is 3.00. The summed E-state index contributed by atoms with van der Waals surface area (Å²) in [5.74, 6) is -0.0671. The van der Waals surface area contributed by atoms with Crippen molar-refractivity contribution in [3.63, 3.8) is 0 Å². The summed E-state index contributed by atoms with van der Waals surface area (Å²) in [4.78, 5) is 23.7. The van der Waals surface area contributed by atoms with Crippen molar-refractivity contribution in [2.75, 3.05) is 0 Å². The number of hydrogen-bond donors (Lipinski definition) is 3. The summed E-state index contributed by atoms with van der Waals surface area (Å²) in [6.07, 6.45) is 1.49. The topological polar surface area (TPSA) is 105 Å². The smallest absolute Gasteiger partial charge is 0.302 e. The van der Waals surface area contributed by atoms with Crippen LogP contribution in [0.4, 0.5) is 5.69 Å². The molecule has 0 fully saturated rings. The molecule has 0 aliphatic heterocycles. The monoisotopic (exact) mass is 291 g/mol. The lowest BCUT2D eigenvalue weighted by Crippen LogP contribution is -2.28. The molecule has 0 aromatic carbocycles. The lowest BCUT2D eigenvalue weighted by molar-refractivity contribution is -0.388. The molecule has 1 aromatic rings. The zero-order valence-corrected chi connectivity index (χ0v) is 11.4. The number of nitro groups is 1. The van der Waals surface area contributed by atoms with Crippen molar-refractivity contribution in [1.29, 1.82) is 0 Å². The number of Topliss-reactive ketones (excluding diaryl/α,β-unsaturated/α-hetero) is 1. The van der Waals surface area contributed by atoms with Crippen LogP contribution in [0.15, 0.2) is 23.4 Å². The van der Waals surface area contributed by atoms with Crippen LogP contribution in [-0.4, -0.2) is 26.9 Å². The van der Waals surface area contributed by atoms with Crippen LogP contribution in [-0.2, 0) is 4.79 Å². The summed E-state index contributed by atoms with van der Waals surface area (Å²) in [6, 6.07) is 2.48. The highest BCUT2D eigenvalue weighted by atomic mass is 33.1. The van der Waals surface area contributed by atoms with Gasteiger partial charge in [-0.25, -0.2) is 4.98 Å². The number of ketones is 1.